The van der Waals surface area contributed by atoms with E-state index in [1.165, 1.54) is 12.1 Å². The molecule has 1 aromatic carbocycles. The lowest BCUT2D eigenvalue weighted by molar-refractivity contribution is -0.148. The van der Waals surface area contributed by atoms with Crippen LogP contribution in [0.3, 0.4) is 0 Å². The first kappa shape index (κ1) is 31.9. The molecule has 0 saturated carbocycles. The van der Waals surface area contributed by atoms with Gasteiger partial charge in [-0.05, 0) is 49.3 Å². The van der Waals surface area contributed by atoms with Crippen molar-refractivity contribution in [2.24, 2.45) is 17.6 Å². The van der Waals surface area contributed by atoms with Gasteiger partial charge in [0.05, 0.1) is 6.61 Å². The molecule has 0 radical (unpaired) electrons. The van der Waals surface area contributed by atoms with Crippen molar-refractivity contribution in [1.29, 1.82) is 0 Å². The third-order valence-electron chi connectivity index (χ3n) is 4.84. The first-order valence-electron chi connectivity index (χ1n) is 12.7. The standard InChI is InChI=1S/C27H41NO9/c1-7-8-11-33-27(32)35-19(6)16-34-26(31)21(28)14-20-9-10-22(36-24(29)12-17(2)3)23(15-20)37-25(30)13-18(4)5/h9-10,15,17-19,21H,7-8,11-14,16,28H2,1-6H3/t19-,21-/m0/s1. The maximum Gasteiger partial charge on any atom is 0.508 e. The average Bonchev–Trinajstić information content (AvgIpc) is 2.78. The van der Waals surface area contributed by atoms with Gasteiger partial charge in [0, 0.05) is 12.8 Å². The highest BCUT2D eigenvalue weighted by atomic mass is 16.7. The van der Waals surface area contributed by atoms with Crippen LogP contribution in [0, 0.1) is 11.8 Å². The predicted molar refractivity (Wildman–Crippen MR) is 136 cm³/mol. The Morgan fingerprint density at radius 1 is 0.865 bits per heavy atom. The largest absolute Gasteiger partial charge is 0.508 e. The van der Waals surface area contributed by atoms with E-state index in [4.69, 9.17) is 29.4 Å². The molecule has 1 rings (SSSR count). The minimum atomic E-state index is -1.03. The highest BCUT2D eigenvalue weighted by molar-refractivity contribution is 5.77. The number of ether oxygens (including phenoxy) is 5. The normalized spacial score (nSPS) is 12.6. The number of nitrogens with two attached hydrogens (primary N) is 1. The lowest BCUT2D eigenvalue weighted by Crippen LogP contribution is -2.36. The molecule has 0 aromatic heterocycles. The highest BCUT2D eigenvalue weighted by Crippen LogP contribution is 2.30. The number of benzene rings is 1. The molecule has 2 atom stereocenters. The van der Waals surface area contributed by atoms with Crippen LogP contribution in [-0.2, 0) is 35.0 Å². The zero-order chi connectivity index (χ0) is 28.0. The Balaban J connectivity index is 2.79. The second-order valence-electron chi connectivity index (χ2n) is 9.75. The summed E-state index contributed by atoms with van der Waals surface area (Å²) in [7, 11) is 0. The van der Waals surface area contributed by atoms with Gasteiger partial charge in [-0.3, -0.25) is 14.4 Å². The molecule has 1 aromatic rings. The van der Waals surface area contributed by atoms with E-state index in [1.807, 2.05) is 34.6 Å². The Hall–Kier alpha value is -3.14. The van der Waals surface area contributed by atoms with E-state index in [2.05, 4.69) is 0 Å². The molecule has 0 unspecified atom stereocenters. The second-order valence-corrected chi connectivity index (χ2v) is 9.75. The molecule has 0 fully saturated rings. The fourth-order valence-electron chi connectivity index (χ4n) is 3.01. The van der Waals surface area contributed by atoms with Crippen LogP contribution in [0.1, 0.15) is 72.8 Å². The van der Waals surface area contributed by atoms with Crippen molar-refractivity contribution in [3.63, 3.8) is 0 Å². The predicted octanol–water partition coefficient (Wildman–Crippen LogP) is 4.34. The molecule has 10 heteroatoms. The number of esters is 3. The van der Waals surface area contributed by atoms with Crippen molar-refractivity contribution in [1.82, 2.24) is 0 Å². The van der Waals surface area contributed by atoms with Gasteiger partial charge in [-0.1, -0.05) is 47.1 Å². The average molecular weight is 524 g/mol. The van der Waals surface area contributed by atoms with Crippen LogP contribution in [0.2, 0.25) is 0 Å². The lowest BCUT2D eigenvalue weighted by Gasteiger charge is -2.17. The fraction of sp³-hybridized carbons (Fsp3) is 0.630. The number of rotatable bonds is 15. The number of carbonyl (C=O) groups is 4. The molecule has 0 aliphatic rings. The Bertz CT molecular complexity index is 898. The summed E-state index contributed by atoms with van der Waals surface area (Å²) in [6.07, 6.45) is 0.534. The molecular weight excluding hydrogens is 482 g/mol. The Kier molecular flexibility index (Phi) is 14.3. The van der Waals surface area contributed by atoms with Gasteiger partial charge in [-0.25, -0.2) is 4.79 Å². The van der Waals surface area contributed by atoms with Gasteiger partial charge >= 0.3 is 24.1 Å². The van der Waals surface area contributed by atoms with E-state index in [1.54, 1.807) is 13.0 Å². The van der Waals surface area contributed by atoms with Crippen molar-refractivity contribution >= 4 is 24.1 Å². The van der Waals surface area contributed by atoms with E-state index in [9.17, 15) is 19.2 Å². The maximum atomic E-state index is 12.4. The van der Waals surface area contributed by atoms with E-state index < -0.39 is 36.2 Å². The van der Waals surface area contributed by atoms with Crippen LogP contribution >= 0.6 is 0 Å². The summed E-state index contributed by atoms with van der Waals surface area (Å²) in [4.78, 5) is 48.4. The molecule has 0 heterocycles. The van der Waals surface area contributed by atoms with Crippen LogP contribution in [-0.4, -0.2) is 49.4 Å². The summed E-state index contributed by atoms with van der Waals surface area (Å²) in [5, 5.41) is 0. The molecule has 2 N–H and O–H groups in total. The fourth-order valence-corrected chi connectivity index (χ4v) is 3.01. The summed E-state index contributed by atoms with van der Waals surface area (Å²) in [5.74, 6) is -1.25. The van der Waals surface area contributed by atoms with E-state index in [0.717, 1.165) is 12.8 Å². The van der Waals surface area contributed by atoms with Crippen molar-refractivity contribution < 1.29 is 42.9 Å². The number of hydrogen-bond donors (Lipinski definition) is 1. The van der Waals surface area contributed by atoms with E-state index in [0.29, 0.717) is 5.56 Å². The van der Waals surface area contributed by atoms with Gasteiger partial charge in [0.1, 0.15) is 18.8 Å². The van der Waals surface area contributed by atoms with Crippen LogP contribution < -0.4 is 15.2 Å². The minimum Gasteiger partial charge on any atom is -0.461 e. The van der Waals surface area contributed by atoms with Crippen LogP contribution in [0.4, 0.5) is 4.79 Å². The molecule has 37 heavy (non-hydrogen) atoms. The first-order chi connectivity index (χ1) is 17.4. The molecule has 0 spiro atoms. The zero-order valence-corrected chi connectivity index (χ0v) is 22.7. The Labute approximate surface area is 219 Å². The lowest BCUT2D eigenvalue weighted by atomic mass is 10.1. The monoisotopic (exact) mass is 523 g/mol. The summed E-state index contributed by atoms with van der Waals surface area (Å²) in [6, 6.07) is 3.62. The Morgan fingerprint density at radius 2 is 1.46 bits per heavy atom. The quantitative estimate of drug-likeness (QED) is 0.200. The van der Waals surface area contributed by atoms with Crippen molar-refractivity contribution in [2.75, 3.05) is 13.2 Å². The van der Waals surface area contributed by atoms with Gasteiger partial charge in [0.15, 0.2) is 11.5 Å². The number of unbranched alkanes of at least 4 members (excludes halogenated alkanes) is 1. The van der Waals surface area contributed by atoms with Gasteiger partial charge in [-0.15, -0.1) is 0 Å². The second kappa shape index (κ2) is 16.6. The zero-order valence-electron chi connectivity index (χ0n) is 22.7. The van der Waals surface area contributed by atoms with Crippen molar-refractivity contribution in [3.8, 4) is 11.5 Å². The smallest absolute Gasteiger partial charge is 0.461 e. The summed E-state index contributed by atoms with van der Waals surface area (Å²) < 4.78 is 26.0. The van der Waals surface area contributed by atoms with Crippen LogP contribution in [0.15, 0.2) is 18.2 Å². The topological polar surface area (TPSA) is 140 Å². The maximum absolute atomic E-state index is 12.4. The van der Waals surface area contributed by atoms with Crippen molar-refractivity contribution in [2.45, 2.75) is 85.8 Å². The van der Waals surface area contributed by atoms with Crippen molar-refractivity contribution in [3.05, 3.63) is 23.8 Å². The summed E-state index contributed by atoms with van der Waals surface area (Å²) in [5.41, 5.74) is 6.58. The molecule has 10 nitrogen and oxygen atoms in total. The summed E-state index contributed by atoms with van der Waals surface area (Å²) in [6.45, 7) is 11.2. The third-order valence-corrected chi connectivity index (χ3v) is 4.84. The first-order valence-corrected chi connectivity index (χ1v) is 12.7. The molecule has 208 valence electrons. The van der Waals surface area contributed by atoms with E-state index >= 15 is 0 Å². The van der Waals surface area contributed by atoms with Gasteiger partial charge in [0.25, 0.3) is 0 Å². The number of hydrogen-bond acceptors (Lipinski definition) is 10. The van der Waals surface area contributed by atoms with Gasteiger partial charge < -0.3 is 29.4 Å². The number of carbonyl (C=O) groups excluding carboxylic acids is 4. The third kappa shape index (κ3) is 13.7. The van der Waals surface area contributed by atoms with Crippen LogP contribution in [0.5, 0.6) is 11.5 Å². The van der Waals surface area contributed by atoms with E-state index in [-0.39, 0.29) is 55.8 Å². The molecule has 0 saturated heterocycles. The molecule has 0 bridgehead atoms. The van der Waals surface area contributed by atoms with Gasteiger partial charge in [0.2, 0.25) is 0 Å². The highest BCUT2D eigenvalue weighted by Gasteiger charge is 2.21. The molecule has 0 aliphatic heterocycles. The molecule has 0 aliphatic carbocycles. The van der Waals surface area contributed by atoms with Crippen LogP contribution in [0.25, 0.3) is 0 Å². The molecular formula is C27H41NO9. The molecule has 0 amide bonds. The Morgan fingerprint density at radius 3 is 2.03 bits per heavy atom. The van der Waals surface area contributed by atoms with Gasteiger partial charge in [-0.2, -0.15) is 0 Å². The summed E-state index contributed by atoms with van der Waals surface area (Å²) >= 11 is 0. The SMILES string of the molecule is CCCCOC(=O)O[C@@H](C)COC(=O)[C@@H](N)Cc1ccc(OC(=O)CC(C)C)c(OC(=O)CC(C)C)c1. The minimum absolute atomic E-state index is 0.0715.